The fourth-order valence-corrected chi connectivity index (χ4v) is 0.416. The monoisotopic (exact) mass is 96.0 g/mol. The molecule has 0 N–H and O–H groups in total. The lowest BCUT2D eigenvalue weighted by Crippen LogP contribution is -1.77. The summed E-state index contributed by atoms with van der Waals surface area (Å²) >= 11 is 0. The molecule has 3 heteroatoms. The summed E-state index contributed by atoms with van der Waals surface area (Å²) in [6, 6.07) is 0. The van der Waals surface area contributed by atoms with Crippen LogP contribution in [0, 0.1) is 4.91 Å². The highest BCUT2D eigenvalue weighted by molar-refractivity contribution is 5.95. The van der Waals surface area contributed by atoms with Gasteiger partial charge >= 0.3 is 0 Å². The Hall–Kier alpha value is -0.990. The van der Waals surface area contributed by atoms with Crippen molar-refractivity contribution in [3.63, 3.8) is 0 Å². The number of aliphatic imine (C=N–C) groups is 1. The van der Waals surface area contributed by atoms with Gasteiger partial charge in [-0.15, -0.1) is 4.91 Å². The molecule has 1 heterocycles. The Morgan fingerprint density at radius 2 is 2.71 bits per heavy atom. The van der Waals surface area contributed by atoms with Crippen LogP contribution in [0.15, 0.2) is 22.3 Å². The third-order valence-electron chi connectivity index (χ3n) is 0.719. The van der Waals surface area contributed by atoms with Crippen molar-refractivity contribution >= 4 is 5.84 Å². The lowest BCUT2D eigenvalue weighted by Gasteiger charge is -1.70. The predicted octanol–water partition coefficient (Wildman–Crippen LogP) is 0.721. The van der Waals surface area contributed by atoms with Crippen LogP contribution >= 0.6 is 0 Å². The van der Waals surface area contributed by atoms with Crippen molar-refractivity contribution in [1.29, 1.82) is 0 Å². The summed E-state index contributed by atoms with van der Waals surface area (Å²) in [5, 5.41) is 2.60. The summed E-state index contributed by atoms with van der Waals surface area (Å²) in [6.07, 6.45) is 3.39. The average Bonchev–Trinajstić information content (AvgIpc) is 2.14. The maximum Gasteiger partial charge on any atom is 0.192 e. The van der Waals surface area contributed by atoms with Gasteiger partial charge in [-0.2, -0.15) is 0 Å². The molecule has 0 fully saturated rings. The van der Waals surface area contributed by atoms with Crippen LogP contribution in [0.4, 0.5) is 0 Å². The number of hydrogen-bond donors (Lipinski definition) is 0. The molecule has 7 heavy (non-hydrogen) atoms. The topological polar surface area (TPSA) is 41.8 Å². The van der Waals surface area contributed by atoms with Crippen LogP contribution in [0.3, 0.4) is 0 Å². The van der Waals surface area contributed by atoms with Crippen LogP contribution in [0.5, 0.6) is 0 Å². The highest BCUT2D eigenvalue weighted by atomic mass is 16.3. The molecule has 0 aromatic rings. The van der Waals surface area contributed by atoms with E-state index in [1.165, 1.54) is 0 Å². The smallest absolute Gasteiger partial charge is 0.192 e. The zero-order chi connectivity index (χ0) is 5.11. The first-order valence-electron chi connectivity index (χ1n) is 1.98. The SMILES string of the molecule is O=NC1=NCC=C1. The Labute approximate surface area is 40.7 Å². The zero-order valence-electron chi connectivity index (χ0n) is 3.66. The van der Waals surface area contributed by atoms with E-state index >= 15 is 0 Å². The third kappa shape index (κ3) is 0.707. The van der Waals surface area contributed by atoms with Gasteiger partial charge < -0.3 is 0 Å². The Kier molecular flexibility index (Phi) is 0.978. The van der Waals surface area contributed by atoms with Crippen LogP contribution in [-0.2, 0) is 0 Å². The van der Waals surface area contributed by atoms with Crippen molar-refractivity contribution in [3.05, 3.63) is 17.1 Å². The van der Waals surface area contributed by atoms with Gasteiger partial charge in [-0.3, -0.25) is 4.99 Å². The van der Waals surface area contributed by atoms with Gasteiger partial charge in [0.1, 0.15) is 0 Å². The van der Waals surface area contributed by atoms with Crippen molar-refractivity contribution in [2.24, 2.45) is 10.2 Å². The Bertz CT molecular complexity index is 137. The van der Waals surface area contributed by atoms with Crippen LogP contribution < -0.4 is 0 Å². The standard InChI is InChI=1S/C4H4N2O/c7-6-4-2-1-3-5-4/h1-2H,3H2. The first-order chi connectivity index (χ1) is 3.43. The van der Waals surface area contributed by atoms with Crippen LogP contribution in [0.2, 0.25) is 0 Å². The molecule has 0 spiro atoms. The van der Waals surface area contributed by atoms with E-state index in [1.807, 2.05) is 0 Å². The molecule has 1 aliphatic heterocycles. The summed E-state index contributed by atoms with van der Waals surface area (Å²) in [4.78, 5) is 13.3. The van der Waals surface area contributed by atoms with E-state index < -0.39 is 0 Å². The fraction of sp³-hybridized carbons (Fsp3) is 0.250. The molecule has 1 rings (SSSR count). The zero-order valence-corrected chi connectivity index (χ0v) is 3.66. The first kappa shape index (κ1) is 4.18. The second-order valence-corrected chi connectivity index (χ2v) is 1.19. The molecule has 0 amide bonds. The number of nitrogens with zero attached hydrogens (tertiary/aromatic N) is 2. The van der Waals surface area contributed by atoms with E-state index in [2.05, 4.69) is 10.2 Å². The lowest BCUT2D eigenvalue weighted by molar-refractivity contribution is 1.27. The molecular weight excluding hydrogens is 92.1 g/mol. The van der Waals surface area contributed by atoms with E-state index in [1.54, 1.807) is 12.2 Å². The summed E-state index contributed by atoms with van der Waals surface area (Å²) in [7, 11) is 0. The number of amidine groups is 1. The Morgan fingerprint density at radius 3 is 3.00 bits per heavy atom. The van der Waals surface area contributed by atoms with Crippen LogP contribution in [0.1, 0.15) is 0 Å². The largest absolute Gasteiger partial charge is 0.260 e. The van der Waals surface area contributed by atoms with Gasteiger partial charge in [0, 0.05) is 0 Å². The highest BCUT2D eigenvalue weighted by Crippen LogP contribution is 1.92. The summed E-state index contributed by atoms with van der Waals surface area (Å²) in [6.45, 7) is 0.612. The maximum absolute atomic E-state index is 9.58. The fourth-order valence-electron chi connectivity index (χ4n) is 0.416. The molecule has 36 valence electrons. The molecule has 0 aromatic heterocycles. The van der Waals surface area contributed by atoms with E-state index in [-0.39, 0.29) is 0 Å². The molecular formula is C4H4N2O. The molecule has 3 nitrogen and oxygen atoms in total. The first-order valence-corrected chi connectivity index (χ1v) is 1.98. The minimum absolute atomic E-state index is 0.306. The quantitative estimate of drug-likeness (QED) is 0.409. The van der Waals surface area contributed by atoms with Gasteiger partial charge in [-0.25, -0.2) is 0 Å². The molecule has 0 saturated heterocycles. The van der Waals surface area contributed by atoms with Gasteiger partial charge in [-0.1, -0.05) is 6.08 Å². The summed E-state index contributed by atoms with van der Waals surface area (Å²) < 4.78 is 0. The summed E-state index contributed by atoms with van der Waals surface area (Å²) in [5.74, 6) is 0.306. The number of nitroso groups, excluding NO2 is 1. The number of hydrogen-bond acceptors (Lipinski definition) is 3. The van der Waals surface area contributed by atoms with Crippen molar-refractivity contribution in [2.45, 2.75) is 0 Å². The van der Waals surface area contributed by atoms with E-state index in [9.17, 15) is 4.91 Å². The third-order valence-corrected chi connectivity index (χ3v) is 0.719. The average molecular weight is 96.1 g/mol. The minimum Gasteiger partial charge on any atom is -0.260 e. The molecule has 0 bridgehead atoms. The van der Waals surface area contributed by atoms with Crippen molar-refractivity contribution in [1.82, 2.24) is 0 Å². The molecule has 0 unspecified atom stereocenters. The highest BCUT2D eigenvalue weighted by Gasteiger charge is 1.94. The van der Waals surface area contributed by atoms with Crippen molar-refractivity contribution in [3.8, 4) is 0 Å². The van der Waals surface area contributed by atoms with Gasteiger partial charge in [0.15, 0.2) is 5.84 Å². The molecule has 0 aliphatic carbocycles. The van der Waals surface area contributed by atoms with Crippen LogP contribution in [0.25, 0.3) is 0 Å². The Balaban J connectivity index is 2.69. The molecule has 0 aromatic carbocycles. The van der Waals surface area contributed by atoms with Gasteiger partial charge in [-0.05, 0) is 11.3 Å². The Morgan fingerprint density at radius 1 is 1.86 bits per heavy atom. The predicted molar refractivity (Wildman–Crippen MR) is 27.2 cm³/mol. The van der Waals surface area contributed by atoms with Crippen molar-refractivity contribution < 1.29 is 0 Å². The maximum atomic E-state index is 9.58. The van der Waals surface area contributed by atoms with Crippen molar-refractivity contribution in [2.75, 3.05) is 6.54 Å². The number of rotatable bonds is 0. The lowest BCUT2D eigenvalue weighted by atomic mass is 10.5. The summed E-state index contributed by atoms with van der Waals surface area (Å²) in [5.41, 5.74) is 0. The normalized spacial score (nSPS) is 16.9. The molecule has 0 radical (unpaired) electrons. The van der Waals surface area contributed by atoms with Gasteiger partial charge in [0.25, 0.3) is 0 Å². The minimum atomic E-state index is 0.306. The molecule has 0 saturated carbocycles. The van der Waals surface area contributed by atoms with E-state index in [0.717, 1.165) is 0 Å². The van der Waals surface area contributed by atoms with Gasteiger partial charge in [0.05, 0.1) is 6.54 Å². The van der Waals surface area contributed by atoms with Gasteiger partial charge in [0.2, 0.25) is 0 Å². The van der Waals surface area contributed by atoms with Crippen LogP contribution in [-0.4, -0.2) is 12.4 Å². The second kappa shape index (κ2) is 1.64. The van der Waals surface area contributed by atoms with E-state index in [4.69, 9.17) is 0 Å². The molecule has 0 atom stereocenters. The molecule has 1 aliphatic rings. The second-order valence-electron chi connectivity index (χ2n) is 1.19. The van der Waals surface area contributed by atoms with E-state index in [0.29, 0.717) is 12.4 Å².